The number of alkyl halides is 3. The van der Waals surface area contributed by atoms with Crippen LogP contribution in [0.5, 0.6) is 5.75 Å². The number of ether oxygens (including phenoxy) is 1. The number of halogens is 4. The van der Waals surface area contributed by atoms with Gasteiger partial charge in [-0.25, -0.2) is 0 Å². The van der Waals surface area contributed by atoms with Gasteiger partial charge in [-0.05, 0) is 80.3 Å². The Bertz CT molecular complexity index is 1230. The van der Waals surface area contributed by atoms with Crippen LogP contribution in [0.1, 0.15) is 55.6 Å². The summed E-state index contributed by atoms with van der Waals surface area (Å²) in [7, 11) is 0. The second-order valence-electron chi connectivity index (χ2n) is 12.5. The zero-order valence-electron chi connectivity index (χ0n) is 23.7. The third kappa shape index (κ3) is 7.05. The topological polar surface area (TPSA) is 53.1 Å². The summed E-state index contributed by atoms with van der Waals surface area (Å²) < 4.78 is 41.3. The van der Waals surface area contributed by atoms with E-state index in [2.05, 4.69) is 38.8 Å². The number of likely N-dealkylation sites (tertiary alicyclic amines) is 3. The van der Waals surface area contributed by atoms with Crippen LogP contribution < -0.4 is 4.74 Å². The maximum absolute atomic E-state index is 13.5. The molecule has 228 valence electrons. The highest BCUT2D eigenvalue weighted by Gasteiger charge is 2.48. The molecule has 4 fully saturated rings. The Balaban J connectivity index is 0.00000353. The van der Waals surface area contributed by atoms with E-state index in [0.29, 0.717) is 43.2 Å². The fraction of sp³-hybridized carbons (Fsp3) is 0.562. The van der Waals surface area contributed by atoms with Crippen molar-refractivity contribution in [3.8, 4) is 5.75 Å². The molecule has 0 aromatic heterocycles. The maximum Gasteiger partial charge on any atom is 0.573 e. The lowest BCUT2D eigenvalue weighted by molar-refractivity contribution is -0.274. The summed E-state index contributed by atoms with van der Waals surface area (Å²) >= 11 is 0. The van der Waals surface area contributed by atoms with Crippen molar-refractivity contribution in [2.24, 2.45) is 17.3 Å². The van der Waals surface area contributed by atoms with Gasteiger partial charge in [-0.2, -0.15) is 0 Å². The number of hydrogen-bond donors (Lipinski definition) is 0. The molecule has 1 spiro atoms. The molecular formula is C32H39ClF3N3O3. The van der Waals surface area contributed by atoms with Gasteiger partial charge in [0.05, 0.1) is 5.41 Å². The molecule has 2 aromatic rings. The summed E-state index contributed by atoms with van der Waals surface area (Å²) in [6, 6.07) is 16.3. The lowest BCUT2D eigenvalue weighted by Crippen LogP contribution is -2.46. The van der Waals surface area contributed by atoms with Crippen LogP contribution in [0.3, 0.4) is 0 Å². The molecule has 0 radical (unpaired) electrons. The maximum atomic E-state index is 13.5. The Labute approximate surface area is 251 Å². The van der Waals surface area contributed by atoms with Crippen LogP contribution in [0.15, 0.2) is 54.6 Å². The number of benzene rings is 2. The number of rotatable bonds is 8. The summed E-state index contributed by atoms with van der Waals surface area (Å²) in [5.74, 6) is 1.48. The summed E-state index contributed by atoms with van der Waals surface area (Å²) in [6.07, 6.45) is 0.765. The molecule has 0 N–H and O–H groups in total. The molecule has 3 aliphatic heterocycles. The molecule has 6 rings (SSSR count). The second kappa shape index (κ2) is 12.4. The molecule has 10 heteroatoms. The second-order valence-corrected chi connectivity index (χ2v) is 12.5. The molecular weight excluding hydrogens is 567 g/mol. The van der Waals surface area contributed by atoms with Gasteiger partial charge >= 0.3 is 6.36 Å². The van der Waals surface area contributed by atoms with Gasteiger partial charge in [-0.3, -0.25) is 9.59 Å². The minimum Gasteiger partial charge on any atom is -0.406 e. The summed E-state index contributed by atoms with van der Waals surface area (Å²) in [4.78, 5) is 32.9. The van der Waals surface area contributed by atoms with Crippen molar-refractivity contribution in [3.63, 3.8) is 0 Å². The predicted molar refractivity (Wildman–Crippen MR) is 155 cm³/mol. The zero-order valence-corrected chi connectivity index (χ0v) is 24.5. The lowest BCUT2D eigenvalue weighted by Gasteiger charge is -2.39. The molecule has 0 bridgehead atoms. The zero-order chi connectivity index (χ0) is 28.6. The molecule has 6 nitrogen and oxygen atoms in total. The van der Waals surface area contributed by atoms with E-state index in [-0.39, 0.29) is 29.5 Å². The number of carbonyl (C=O) groups excluding carboxylic acids is 2. The highest BCUT2D eigenvalue weighted by molar-refractivity contribution is 5.85. The first-order valence-electron chi connectivity index (χ1n) is 14.9. The highest BCUT2D eigenvalue weighted by Crippen LogP contribution is 2.43. The van der Waals surface area contributed by atoms with Gasteiger partial charge in [-0.15, -0.1) is 25.6 Å². The van der Waals surface area contributed by atoms with Gasteiger partial charge in [0.15, 0.2) is 0 Å². The van der Waals surface area contributed by atoms with Gasteiger partial charge in [0, 0.05) is 45.1 Å². The quantitative estimate of drug-likeness (QED) is 0.378. The monoisotopic (exact) mass is 605 g/mol. The van der Waals surface area contributed by atoms with E-state index in [1.165, 1.54) is 30.5 Å². The molecule has 2 amide bonds. The van der Waals surface area contributed by atoms with Gasteiger partial charge in [0.2, 0.25) is 11.8 Å². The van der Waals surface area contributed by atoms with Gasteiger partial charge in [0.1, 0.15) is 5.75 Å². The van der Waals surface area contributed by atoms with E-state index >= 15 is 0 Å². The number of amides is 2. The smallest absolute Gasteiger partial charge is 0.406 e. The molecule has 4 aliphatic rings. The SMILES string of the molecule is Cl.O=C(CC1CC1)N1CC(c2ccccc2)[C@@H](CN2CCC3(CC2)CCN(Cc2ccc(OC(F)(F)F)cc2)C3=O)C1. The lowest BCUT2D eigenvalue weighted by atomic mass is 9.76. The summed E-state index contributed by atoms with van der Waals surface area (Å²) in [5.41, 5.74) is 1.74. The number of carbonyl (C=O) groups is 2. The van der Waals surface area contributed by atoms with Crippen molar-refractivity contribution in [3.05, 3.63) is 65.7 Å². The molecule has 3 heterocycles. The van der Waals surface area contributed by atoms with E-state index in [4.69, 9.17) is 0 Å². The van der Waals surface area contributed by atoms with Crippen LogP contribution in [0.4, 0.5) is 13.2 Å². The first-order chi connectivity index (χ1) is 19.7. The largest absolute Gasteiger partial charge is 0.573 e. The van der Waals surface area contributed by atoms with Crippen LogP contribution in [0, 0.1) is 17.3 Å². The van der Waals surface area contributed by atoms with Crippen molar-refractivity contribution in [2.75, 3.05) is 39.3 Å². The van der Waals surface area contributed by atoms with E-state index in [0.717, 1.165) is 57.5 Å². The van der Waals surface area contributed by atoms with Crippen LogP contribution >= 0.6 is 12.4 Å². The van der Waals surface area contributed by atoms with Crippen molar-refractivity contribution in [1.82, 2.24) is 14.7 Å². The number of nitrogens with zero attached hydrogens (tertiary/aromatic N) is 3. The highest BCUT2D eigenvalue weighted by atomic mass is 35.5. The van der Waals surface area contributed by atoms with Gasteiger partial charge in [-0.1, -0.05) is 42.5 Å². The molecule has 2 atom stereocenters. The van der Waals surface area contributed by atoms with Crippen LogP contribution in [-0.2, 0) is 16.1 Å². The third-order valence-electron chi connectivity index (χ3n) is 9.62. The molecule has 1 unspecified atom stereocenters. The van der Waals surface area contributed by atoms with E-state index in [9.17, 15) is 22.8 Å². The molecule has 3 saturated heterocycles. The first-order valence-corrected chi connectivity index (χ1v) is 14.9. The Morgan fingerprint density at radius 2 is 1.60 bits per heavy atom. The third-order valence-corrected chi connectivity index (χ3v) is 9.62. The molecule has 1 saturated carbocycles. The molecule has 42 heavy (non-hydrogen) atoms. The van der Waals surface area contributed by atoms with Crippen LogP contribution in [0.2, 0.25) is 0 Å². The fourth-order valence-electron chi connectivity index (χ4n) is 7.06. The van der Waals surface area contributed by atoms with E-state index in [1.54, 1.807) is 12.1 Å². The fourth-order valence-corrected chi connectivity index (χ4v) is 7.06. The van der Waals surface area contributed by atoms with E-state index < -0.39 is 6.36 Å². The minimum absolute atomic E-state index is 0. The normalized spacial score (nSPS) is 24.2. The Morgan fingerprint density at radius 3 is 2.24 bits per heavy atom. The van der Waals surface area contributed by atoms with Crippen molar-refractivity contribution < 1.29 is 27.5 Å². The van der Waals surface area contributed by atoms with Crippen molar-refractivity contribution in [2.45, 2.75) is 57.3 Å². The average Bonchev–Trinajstić information content (AvgIpc) is 3.59. The van der Waals surface area contributed by atoms with Crippen molar-refractivity contribution in [1.29, 1.82) is 0 Å². The Morgan fingerprint density at radius 1 is 0.929 bits per heavy atom. The Kier molecular flexibility index (Phi) is 9.09. The molecule has 2 aromatic carbocycles. The minimum atomic E-state index is -4.72. The Hall–Kier alpha value is -2.78. The number of hydrogen-bond acceptors (Lipinski definition) is 4. The van der Waals surface area contributed by atoms with Gasteiger partial charge in [0.25, 0.3) is 0 Å². The van der Waals surface area contributed by atoms with E-state index in [1.807, 2.05) is 11.0 Å². The van der Waals surface area contributed by atoms with Crippen LogP contribution in [-0.4, -0.2) is 72.1 Å². The van der Waals surface area contributed by atoms with Crippen LogP contribution in [0.25, 0.3) is 0 Å². The van der Waals surface area contributed by atoms with Gasteiger partial charge < -0.3 is 19.4 Å². The summed E-state index contributed by atoms with van der Waals surface area (Å²) in [5, 5.41) is 0. The number of piperidine rings is 1. The predicted octanol–water partition coefficient (Wildman–Crippen LogP) is 5.86. The van der Waals surface area contributed by atoms with Crippen molar-refractivity contribution >= 4 is 24.2 Å². The standard InChI is InChI=1S/C32H38F3N3O3.ClH/c33-32(34,35)41-27-10-8-24(9-11-27)19-37-17-14-31(30(37)40)12-15-36(16-13-31)20-26-21-38(29(39)18-23-6-7-23)22-28(26)25-4-2-1-3-5-25;/h1-5,8-11,23,26,28H,6-7,12-22H2;1H/t26-,28?;/m0./s1. The summed E-state index contributed by atoms with van der Waals surface area (Å²) in [6.45, 7) is 5.28. The molecule has 1 aliphatic carbocycles. The first kappa shape index (κ1) is 30.7. The average molecular weight is 606 g/mol.